The van der Waals surface area contributed by atoms with Crippen molar-refractivity contribution in [2.45, 2.75) is 0 Å². The maximum absolute atomic E-state index is 11.5. The summed E-state index contributed by atoms with van der Waals surface area (Å²) in [5.74, 6) is 2.02. The third-order valence-electron chi connectivity index (χ3n) is 4.05. The SMILES string of the molecule is COc1cccc(Nc2cc(-c3ccc4c(c3)NC(=O)CO4)ccn2)c1. The Morgan fingerprint density at radius 1 is 1.12 bits per heavy atom. The number of nitrogens with zero attached hydrogens (tertiary/aromatic N) is 1. The fraction of sp³-hybridized carbons (Fsp3) is 0.100. The van der Waals surface area contributed by atoms with E-state index in [0.717, 1.165) is 22.6 Å². The van der Waals surface area contributed by atoms with E-state index in [9.17, 15) is 4.79 Å². The van der Waals surface area contributed by atoms with E-state index < -0.39 is 0 Å². The molecule has 1 aliphatic heterocycles. The van der Waals surface area contributed by atoms with Crippen LogP contribution in [0.5, 0.6) is 11.5 Å². The number of hydrogen-bond acceptors (Lipinski definition) is 5. The molecule has 1 amide bonds. The summed E-state index contributed by atoms with van der Waals surface area (Å²) in [5.41, 5.74) is 3.51. The van der Waals surface area contributed by atoms with Crippen LogP contribution in [0.4, 0.5) is 17.2 Å². The number of carbonyl (C=O) groups excluding carboxylic acids is 1. The summed E-state index contributed by atoms with van der Waals surface area (Å²) in [5, 5.41) is 6.10. The molecular weight excluding hydrogens is 330 g/mol. The van der Waals surface area contributed by atoms with Crippen LogP contribution >= 0.6 is 0 Å². The quantitative estimate of drug-likeness (QED) is 0.750. The van der Waals surface area contributed by atoms with E-state index in [0.29, 0.717) is 17.3 Å². The Kier molecular flexibility index (Phi) is 4.15. The Bertz CT molecular complexity index is 972. The van der Waals surface area contributed by atoms with Crippen LogP contribution in [0.15, 0.2) is 60.8 Å². The Balaban J connectivity index is 1.61. The predicted octanol–water partition coefficient (Wildman–Crippen LogP) is 3.83. The van der Waals surface area contributed by atoms with Gasteiger partial charge in [-0.25, -0.2) is 4.98 Å². The van der Waals surface area contributed by atoms with Crippen molar-refractivity contribution in [3.8, 4) is 22.6 Å². The summed E-state index contributed by atoms with van der Waals surface area (Å²) in [6.07, 6.45) is 1.74. The van der Waals surface area contributed by atoms with Gasteiger partial charge < -0.3 is 20.1 Å². The minimum Gasteiger partial charge on any atom is -0.497 e. The highest BCUT2D eigenvalue weighted by Crippen LogP contribution is 2.33. The lowest BCUT2D eigenvalue weighted by atomic mass is 10.1. The van der Waals surface area contributed by atoms with Gasteiger partial charge in [0.1, 0.15) is 17.3 Å². The smallest absolute Gasteiger partial charge is 0.262 e. The van der Waals surface area contributed by atoms with Crippen molar-refractivity contribution in [2.75, 3.05) is 24.4 Å². The number of ether oxygens (including phenoxy) is 2. The van der Waals surface area contributed by atoms with Crippen molar-refractivity contribution in [3.63, 3.8) is 0 Å². The number of fused-ring (bicyclic) bond motifs is 1. The van der Waals surface area contributed by atoms with Gasteiger partial charge in [0.05, 0.1) is 12.8 Å². The number of benzene rings is 2. The number of methoxy groups -OCH3 is 1. The highest BCUT2D eigenvalue weighted by Gasteiger charge is 2.16. The van der Waals surface area contributed by atoms with Crippen LogP contribution in [0.3, 0.4) is 0 Å². The maximum Gasteiger partial charge on any atom is 0.262 e. The molecule has 0 saturated heterocycles. The first-order chi connectivity index (χ1) is 12.7. The molecule has 1 aliphatic rings. The molecule has 6 heteroatoms. The molecule has 0 aliphatic carbocycles. The lowest BCUT2D eigenvalue weighted by molar-refractivity contribution is -0.118. The molecular formula is C20H17N3O3. The van der Waals surface area contributed by atoms with Crippen molar-refractivity contribution in [2.24, 2.45) is 0 Å². The number of anilines is 3. The van der Waals surface area contributed by atoms with Crippen LogP contribution in [-0.2, 0) is 4.79 Å². The van der Waals surface area contributed by atoms with E-state index in [2.05, 4.69) is 15.6 Å². The standard InChI is InChI=1S/C20H17N3O3/c1-25-16-4-2-3-15(11-16)22-19-10-14(7-8-21-19)13-5-6-18-17(9-13)23-20(24)12-26-18/h2-11H,12H2,1H3,(H,21,22)(H,23,24). The van der Waals surface area contributed by atoms with E-state index in [1.165, 1.54) is 0 Å². The number of pyridine rings is 1. The molecule has 1 aromatic heterocycles. The van der Waals surface area contributed by atoms with E-state index in [-0.39, 0.29) is 12.5 Å². The third kappa shape index (κ3) is 3.30. The van der Waals surface area contributed by atoms with Crippen LogP contribution in [0, 0.1) is 0 Å². The highest BCUT2D eigenvalue weighted by molar-refractivity contribution is 5.96. The monoisotopic (exact) mass is 347 g/mol. The molecule has 4 rings (SSSR count). The van der Waals surface area contributed by atoms with Crippen molar-refractivity contribution in [1.82, 2.24) is 4.98 Å². The average molecular weight is 347 g/mol. The molecule has 0 atom stereocenters. The molecule has 0 saturated carbocycles. The summed E-state index contributed by atoms with van der Waals surface area (Å²) in [6, 6.07) is 17.2. The summed E-state index contributed by atoms with van der Waals surface area (Å²) in [6.45, 7) is 0.0518. The van der Waals surface area contributed by atoms with Gasteiger partial charge in [0.15, 0.2) is 6.61 Å². The van der Waals surface area contributed by atoms with Crippen LogP contribution in [0.25, 0.3) is 11.1 Å². The van der Waals surface area contributed by atoms with E-state index in [1.54, 1.807) is 13.3 Å². The Morgan fingerprint density at radius 2 is 2.00 bits per heavy atom. The summed E-state index contributed by atoms with van der Waals surface area (Å²) < 4.78 is 10.6. The molecule has 2 aromatic carbocycles. The van der Waals surface area contributed by atoms with Crippen LogP contribution in [0.2, 0.25) is 0 Å². The molecule has 0 bridgehead atoms. The lowest BCUT2D eigenvalue weighted by Crippen LogP contribution is -2.25. The third-order valence-corrected chi connectivity index (χ3v) is 4.05. The van der Waals surface area contributed by atoms with Gasteiger partial charge in [-0.1, -0.05) is 12.1 Å². The molecule has 0 spiro atoms. The van der Waals surface area contributed by atoms with Crippen molar-refractivity contribution < 1.29 is 14.3 Å². The molecule has 6 nitrogen and oxygen atoms in total. The minimum atomic E-state index is -0.148. The number of nitrogens with one attached hydrogen (secondary N) is 2. The lowest BCUT2D eigenvalue weighted by Gasteiger charge is -2.18. The molecule has 130 valence electrons. The van der Waals surface area contributed by atoms with Gasteiger partial charge in [-0.2, -0.15) is 0 Å². The van der Waals surface area contributed by atoms with Crippen LogP contribution in [0.1, 0.15) is 0 Å². The second kappa shape index (κ2) is 6.76. The minimum absolute atomic E-state index is 0.0518. The first-order valence-corrected chi connectivity index (χ1v) is 8.15. The first-order valence-electron chi connectivity index (χ1n) is 8.15. The number of rotatable bonds is 4. The van der Waals surface area contributed by atoms with Gasteiger partial charge in [0.2, 0.25) is 0 Å². The van der Waals surface area contributed by atoms with Gasteiger partial charge >= 0.3 is 0 Å². The van der Waals surface area contributed by atoms with Crippen molar-refractivity contribution >= 4 is 23.1 Å². The zero-order valence-corrected chi connectivity index (χ0v) is 14.2. The second-order valence-electron chi connectivity index (χ2n) is 5.83. The van der Waals surface area contributed by atoms with E-state index >= 15 is 0 Å². The number of carbonyl (C=O) groups is 1. The van der Waals surface area contributed by atoms with E-state index in [4.69, 9.17) is 9.47 Å². The Labute approximate surface area is 150 Å². The zero-order valence-electron chi connectivity index (χ0n) is 14.2. The molecule has 3 aromatic rings. The van der Waals surface area contributed by atoms with Gasteiger partial charge in [0, 0.05) is 18.0 Å². The Hall–Kier alpha value is -3.54. The van der Waals surface area contributed by atoms with Gasteiger partial charge in [-0.15, -0.1) is 0 Å². The van der Waals surface area contributed by atoms with Crippen molar-refractivity contribution in [3.05, 3.63) is 60.8 Å². The number of hydrogen-bond donors (Lipinski definition) is 2. The topological polar surface area (TPSA) is 72.5 Å². The molecule has 2 heterocycles. The van der Waals surface area contributed by atoms with E-state index in [1.807, 2.05) is 54.6 Å². The van der Waals surface area contributed by atoms with Crippen LogP contribution in [-0.4, -0.2) is 24.6 Å². The Morgan fingerprint density at radius 3 is 2.88 bits per heavy atom. The summed E-state index contributed by atoms with van der Waals surface area (Å²) in [4.78, 5) is 15.9. The first kappa shape index (κ1) is 16.0. The fourth-order valence-electron chi connectivity index (χ4n) is 2.79. The molecule has 26 heavy (non-hydrogen) atoms. The summed E-state index contributed by atoms with van der Waals surface area (Å²) >= 11 is 0. The predicted molar refractivity (Wildman–Crippen MR) is 100 cm³/mol. The molecule has 2 N–H and O–H groups in total. The maximum atomic E-state index is 11.5. The van der Waals surface area contributed by atoms with Crippen LogP contribution < -0.4 is 20.1 Å². The van der Waals surface area contributed by atoms with Gasteiger partial charge in [0.25, 0.3) is 5.91 Å². The van der Waals surface area contributed by atoms with Gasteiger partial charge in [-0.05, 0) is 47.5 Å². The molecule has 0 fully saturated rings. The zero-order chi connectivity index (χ0) is 17.9. The summed E-state index contributed by atoms with van der Waals surface area (Å²) in [7, 11) is 1.64. The largest absolute Gasteiger partial charge is 0.497 e. The highest BCUT2D eigenvalue weighted by atomic mass is 16.5. The number of aromatic nitrogens is 1. The van der Waals surface area contributed by atoms with Gasteiger partial charge in [-0.3, -0.25) is 4.79 Å². The average Bonchev–Trinajstić information content (AvgIpc) is 2.68. The second-order valence-corrected chi connectivity index (χ2v) is 5.83. The van der Waals surface area contributed by atoms with Crippen molar-refractivity contribution in [1.29, 1.82) is 0 Å². The normalized spacial score (nSPS) is 12.6. The number of amides is 1. The molecule has 0 unspecified atom stereocenters. The molecule has 0 radical (unpaired) electrons. The fourth-order valence-corrected chi connectivity index (χ4v) is 2.79.